The molecule has 6 nitrogen and oxygen atoms in total. The van der Waals surface area contributed by atoms with Crippen LogP contribution in [-0.4, -0.2) is 10.8 Å². The molecule has 92 valence electrons. The van der Waals surface area contributed by atoms with E-state index < -0.39 is 16.6 Å². The number of nitro benzene ring substituents is 1. The van der Waals surface area contributed by atoms with Gasteiger partial charge in [0.2, 0.25) is 0 Å². The van der Waals surface area contributed by atoms with Crippen molar-refractivity contribution in [2.24, 2.45) is 0 Å². The van der Waals surface area contributed by atoms with Crippen molar-refractivity contribution in [3.63, 3.8) is 0 Å². The van der Waals surface area contributed by atoms with Crippen LogP contribution in [0.4, 0.5) is 15.8 Å². The Balaban J connectivity index is 2.20. The van der Waals surface area contributed by atoms with Crippen molar-refractivity contribution in [3.05, 3.63) is 58.3 Å². The molecular formula is C11H7FN2O4. The van der Waals surface area contributed by atoms with Gasteiger partial charge in [0, 0.05) is 6.07 Å². The molecule has 18 heavy (non-hydrogen) atoms. The van der Waals surface area contributed by atoms with Gasteiger partial charge >= 0.3 is 0 Å². The van der Waals surface area contributed by atoms with E-state index in [0.29, 0.717) is 0 Å². The minimum atomic E-state index is -0.885. The number of non-ortho nitro benzene ring substituents is 1. The molecule has 1 amide bonds. The summed E-state index contributed by atoms with van der Waals surface area (Å²) in [6, 6.07) is 5.88. The molecule has 1 aromatic heterocycles. The largest absolute Gasteiger partial charge is 0.459 e. The summed E-state index contributed by atoms with van der Waals surface area (Å²) in [6.45, 7) is 0. The Morgan fingerprint density at radius 1 is 1.39 bits per heavy atom. The van der Waals surface area contributed by atoms with E-state index in [1.165, 1.54) is 18.4 Å². The molecular weight excluding hydrogens is 243 g/mol. The number of hydrogen-bond acceptors (Lipinski definition) is 4. The van der Waals surface area contributed by atoms with E-state index in [4.69, 9.17) is 4.42 Å². The van der Waals surface area contributed by atoms with E-state index in [1.807, 2.05) is 0 Å². The Hall–Kier alpha value is -2.70. The van der Waals surface area contributed by atoms with E-state index >= 15 is 0 Å². The molecule has 0 bridgehead atoms. The highest BCUT2D eigenvalue weighted by Gasteiger charge is 2.14. The van der Waals surface area contributed by atoms with Gasteiger partial charge in [0.1, 0.15) is 0 Å². The van der Waals surface area contributed by atoms with E-state index in [-0.39, 0.29) is 17.1 Å². The summed E-state index contributed by atoms with van der Waals surface area (Å²) in [6.07, 6.45) is 1.31. The predicted molar refractivity (Wildman–Crippen MR) is 59.7 cm³/mol. The van der Waals surface area contributed by atoms with Gasteiger partial charge < -0.3 is 9.73 Å². The molecule has 0 radical (unpaired) electrons. The number of furan rings is 1. The fourth-order valence-electron chi connectivity index (χ4n) is 1.31. The van der Waals surface area contributed by atoms with Crippen LogP contribution >= 0.6 is 0 Å². The van der Waals surface area contributed by atoms with Gasteiger partial charge in [-0.05, 0) is 18.2 Å². The highest BCUT2D eigenvalue weighted by Crippen LogP contribution is 2.21. The van der Waals surface area contributed by atoms with Gasteiger partial charge in [-0.25, -0.2) is 4.39 Å². The van der Waals surface area contributed by atoms with Gasteiger partial charge in [0.15, 0.2) is 11.6 Å². The SMILES string of the molecule is O=C(Nc1ccc([N+](=O)[O-])cc1F)c1ccco1. The zero-order valence-corrected chi connectivity index (χ0v) is 8.92. The van der Waals surface area contributed by atoms with E-state index in [0.717, 1.165) is 18.2 Å². The maximum atomic E-state index is 13.5. The highest BCUT2D eigenvalue weighted by molar-refractivity contribution is 6.02. The summed E-state index contributed by atoms with van der Waals surface area (Å²) in [4.78, 5) is 21.2. The first-order valence-corrected chi connectivity index (χ1v) is 4.87. The summed E-state index contributed by atoms with van der Waals surface area (Å²) in [5.74, 6) is -1.50. The fourth-order valence-corrected chi connectivity index (χ4v) is 1.31. The lowest BCUT2D eigenvalue weighted by Gasteiger charge is -2.04. The number of nitro groups is 1. The van der Waals surface area contributed by atoms with Crippen LogP contribution in [0.1, 0.15) is 10.6 Å². The van der Waals surface area contributed by atoms with E-state index in [1.54, 1.807) is 0 Å². The van der Waals surface area contributed by atoms with Crippen LogP contribution in [0.2, 0.25) is 0 Å². The monoisotopic (exact) mass is 250 g/mol. The zero-order chi connectivity index (χ0) is 13.1. The van der Waals surface area contributed by atoms with Crippen LogP contribution < -0.4 is 5.32 Å². The van der Waals surface area contributed by atoms with Crippen molar-refractivity contribution in [2.75, 3.05) is 5.32 Å². The summed E-state index contributed by atoms with van der Waals surface area (Å²) in [7, 11) is 0. The smallest absolute Gasteiger partial charge is 0.291 e. The number of nitrogens with one attached hydrogen (secondary N) is 1. The third kappa shape index (κ3) is 2.34. The second-order valence-corrected chi connectivity index (χ2v) is 3.35. The van der Waals surface area contributed by atoms with Gasteiger partial charge in [0.25, 0.3) is 11.6 Å². The van der Waals surface area contributed by atoms with Crippen LogP contribution in [0.25, 0.3) is 0 Å². The molecule has 1 heterocycles. The Morgan fingerprint density at radius 2 is 2.17 bits per heavy atom. The first kappa shape index (κ1) is 11.8. The molecule has 0 aliphatic rings. The Labute approximate surface area is 100 Å². The van der Waals surface area contributed by atoms with Crippen molar-refractivity contribution >= 4 is 17.3 Å². The second kappa shape index (κ2) is 4.66. The van der Waals surface area contributed by atoms with Crippen LogP contribution in [0.5, 0.6) is 0 Å². The normalized spacial score (nSPS) is 10.1. The van der Waals surface area contributed by atoms with Crippen molar-refractivity contribution in [1.29, 1.82) is 0 Å². The quantitative estimate of drug-likeness (QED) is 0.670. The first-order chi connectivity index (χ1) is 8.58. The average Bonchev–Trinajstić information content (AvgIpc) is 2.85. The van der Waals surface area contributed by atoms with Gasteiger partial charge in [-0.2, -0.15) is 0 Å². The Morgan fingerprint density at radius 3 is 2.72 bits per heavy atom. The summed E-state index contributed by atoms with van der Waals surface area (Å²) in [5.41, 5.74) is -0.537. The van der Waals surface area contributed by atoms with Crippen molar-refractivity contribution in [3.8, 4) is 0 Å². The first-order valence-electron chi connectivity index (χ1n) is 4.87. The minimum absolute atomic E-state index is 0.0211. The highest BCUT2D eigenvalue weighted by atomic mass is 19.1. The van der Waals surface area contributed by atoms with Gasteiger partial charge in [-0.15, -0.1) is 0 Å². The third-order valence-corrected chi connectivity index (χ3v) is 2.16. The van der Waals surface area contributed by atoms with Crippen molar-refractivity contribution < 1.29 is 18.5 Å². The number of carbonyl (C=O) groups is 1. The Kier molecular flexibility index (Phi) is 3.05. The average molecular weight is 250 g/mol. The number of hydrogen-bond donors (Lipinski definition) is 1. The number of benzene rings is 1. The summed E-state index contributed by atoms with van der Waals surface area (Å²) >= 11 is 0. The molecule has 1 N–H and O–H groups in total. The fraction of sp³-hybridized carbons (Fsp3) is 0. The molecule has 7 heteroatoms. The molecule has 0 saturated heterocycles. The van der Waals surface area contributed by atoms with Crippen LogP contribution in [0, 0.1) is 15.9 Å². The van der Waals surface area contributed by atoms with Crippen molar-refractivity contribution in [1.82, 2.24) is 0 Å². The lowest BCUT2D eigenvalue weighted by molar-refractivity contribution is -0.385. The van der Waals surface area contributed by atoms with Gasteiger partial charge in [0.05, 0.1) is 22.9 Å². The van der Waals surface area contributed by atoms with Gasteiger partial charge in [-0.1, -0.05) is 0 Å². The molecule has 2 aromatic rings. The molecule has 0 fully saturated rings. The number of amides is 1. The van der Waals surface area contributed by atoms with E-state index in [2.05, 4.69) is 5.32 Å². The molecule has 0 aliphatic heterocycles. The summed E-state index contributed by atoms with van der Waals surface area (Å²) in [5, 5.41) is 12.7. The zero-order valence-electron chi connectivity index (χ0n) is 8.92. The number of nitrogens with zero attached hydrogens (tertiary/aromatic N) is 1. The number of halogens is 1. The number of carbonyl (C=O) groups excluding carboxylic acids is 1. The van der Waals surface area contributed by atoms with Crippen molar-refractivity contribution in [2.45, 2.75) is 0 Å². The van der Waals surface area contributed by atoms with E-state index in [9.17, 15) is 19.3 Å². The number of anilines is 1. The lowest BCUT2D eigenvalue weighted by atomic mass is 10.2. The minimum Gasteiger partial charge on any atom is -0.459 e. The molecule has 2 rings (SSSR count). The molecule has 1 aromatic carbocycles. The van der Waals surface area contributed by atoms with Crippen LogP contribution in [0.15, 0.2) is 41.0 Å². The molecule has 0 spiro atoms. The molecule has 0 saturated carbocycles. The predicted octanol–water partition coefficient (Wildman–Crippen LogP) is 2.58. The van der Waals surface area contributed by atoms with Gasteiger partial charge in [-0.3, -0.25) is 14.9 Å². The molecule has 0 aliphatic carbocycles. The van der Waals surface area contributed by atoms with Crippen LogP contribution in [0.3, 0.4) is 0 Å². The maximum absolute atomic E-state index is 13.5. The standard InChI is InChI=1S/C11H7FN2O4/c12-8-6-7(14(16)17)3-4-9(8)13-11(15)10-2-1-5-18-10/h1-6H,(H,13,15). The lowest BCUT2D eigenvalue weighted by Crippen LogP contribution is -2.12. The Bertz CT molecular complexity index is 595. The third-order valence-electron chi connectivity index (χ3n) is 2.16. The molecule has 0 atom stereocenters. The molecule has 0 unspecified atom stereocenters. The van der Waals surface area contributed by atoms with Crippen LogP contribution in [-0.2, 0) is 0 Å². The summed E-state index contributed by atoms with van der Waals surface area (Å²) < 4.78 is 18.3. The number of rotatable bonds is 3. The maximum Gasteiger partial charge on any atom is 0.291 e. The topological polar surface area (TPSA) is 85.4 Å². The second-order valence-electron chi connectivity index (χ2n) is 3.35.